The molecule has 2 aromatic carbocycles. The second-order valence-corrected chi connectivity index (χ2v) is 4.65. The molecule has 2 rings (SSSR count). The Kier molecular flexibility index (Phi) is 4.33. The number of hydrogen-bond acceptors (Lipinski definition) is 5. The third-order valence-electron chi connectivity index (χ3n) is 3.17. The Hall–Kier alpha value is -2.69. The minimum Gasteiger partial charge on any atom is -0.504 e. The van der Waals surface area contributed by atoms with Crippen molar-refractivity contribution in [1.82, 2.24) is 0 Å². The van der Waals surface area contributed by atoms with Gasteiger partial charge in [0.2, 0.25) is 0 Å². The van der Waals surface area contributed by atoms with Crippen molar-refractivity contribution in [1.29, 1.82) is 0 Å². The number of methoxy groups -OCH3 is 1. The summed E-state index contributed by atoms with van der Waals surface area (Å²) in [5.41, 5.74) is 1.14. The van der Waals surface area contributed by atoms with E-state index in [1.807, 2.05) is 24.3 Å². The van der Waals surface area contributed by atoms with Crippen LogP contribution in [-0.4, -0.2) is 36.7 Å². The molecule has 0 fully saturated rings. The van der Waals surface area contributed by atoms with E-state index in [-0.39, 0.29) is 23.8 Å². The number of hydrogen-bond donors (Lipinski definition) is 2. The average Bonchev–Trinajstić information content (AvgIpc) is 2.49. The van der Waals surface area contributed by atoms with Gasteiger partial charge in [0.1, 0.15) is 5.75 Å². The Labute approximate surface area is 123 Å². The fourth-order valence-electron chi connectivity index (χ4n) is 2.03. The third kappa shape index (κ3) is 3.25. The number of carbonyl (C=O) groups is 1. The van der Waals surface area contributed by atoms with Gasteiger partial charge >= 0.3 is 0 Å². The number of aromatic hydroxyl groups is 2. The Balaban J connectivity index is 2.16. The van der Waals surface area contributed by atoms with E-state index < -0.39 is 0 Å². The first-order valence-corrected chi connectivity index (χ1v) is 6.42. The summed E-state index contributed by atoms with van der Waals surface area (Å²) < 4.78 is 5.26. The lowest BCUT2D eigenvalue weighted by Crippen LogP contribution is -2.26. The number of carbonyl (C=O) groups excluding carboxylic acids is 1. The standard InChI is InChI=1S/C16H17NO4/c1-17(12-5-3-4-6-16(12)21-2)10-15(20)11-7-8-13(18)14(19)9-11/h3-9,18-19H,10H2,1-2H3. The normalized spacial score (nSPS) is 10.2. The van der Waals surface area contributed by atoms with Crippen molar-refractivity contribution in [2.75, 3.05) is 25.6 Å². The Bertz CT molecular complexity index is 654. The van der Waals surface area contributed by atoms with Gasteiger partial charge < -0.3 is 19.8 Å². The SMILES string of the molecule is COc1ccccc1N(C)CC(=O)c1ccc(O)c(O)c1. The van der Waals surface area contributed by atoms with E-state index in [1.165, 1.54) is 18.2 Å². The summed E-state index contributed by atoms with van der Waals surface area (Å²) in [6, 6.07) is 11.4. The maximum absolute atomic E-state index is 12.2. The molecule has 0 saturated heterocycles. The molecule has 2 N–H and O–H groups in total. The fraction of sp³-hybridized carbons (Fsp3) is 0.188. The molecule has 21 heavy (non-hydrogen) atoms. The zero-order valence-electron chi connectivity index (χ0n) is 11.9. The number of rotatable bonds is 5. The molecule has 0 atom stereocenters. The molecule has 0 bridgehead atoms. The van der Waals surface area contributed by atoms with Crippen molar-refractivity contribution >= 4 is 11.5 Å². The van der Waals surface area contributed by atoms with E-state index in [1.54, 1.807) is 19.1 Å². The molecule has 0 spiro atoms. The summed E-state index contributed by atoms with van der Waals surface area (Å²) >= 11 is 0. The van der Waals surface area contributed by atoms with Gasteiger partial charge in [0.15, 0.2) is 17.3 Å². The molecule has 0 aliphatic heterocycles. The van der Waals surface area contributed by atoms with E-state index in [0.717, 1.165) is 5.69 Å². The lowest BCUT2D eigenvalue weighted by molar-refractivity contribution is 0.1000. The number of phenolic OH excluding ortho intramolecular Hbond substituents is 2. The van der Waals surface area contributed by atoms with Crippen LogP contribution >= 0.6 is 0 Å². The highest BCUT2D eigenvalue weighted by atomic mass is 16.5. The van der Waals surface area contributed by atoms with Crippen LogP contribution in [0.25, 0.3) is 0 Å². The van der Waals surface area contributed by atoms with Crippen LogP contribution in [0.5, 0.6) is 17.2 Å². The van der Waals surface area contributed by atoms with Crippen molar-refractivity contribution in [2.45, 2.75) is 0 Å². The number of benzene rings is 2. The molecule has 0 saturated carbocycles. The number of para-hydroxylation sites is 2. The summed E-state index contributed by atoms with van der Waals surface area (Å²) in [6.45, 7) is 0.130. The second kappa shape index (κ2) is 6.17. The molecular formula is C16H17NO4. The highest BCUT2D eigenvalue weighted by Crippen LogP contribution is 2.28. The van der Waals surface area contributed by atoms with E-state index >= 15 is 0 Å². The Morgan fingerprint density at radius 2 is 1.86 bits per heavy atom. The van der Waals surface area contributed by atoms with Crippen LogP contribution in [0.4, 0.5) is 5.69 Å². The maximum Gasteiger partial charge on any atom is 0.182 e. The van der Waals surface area contributed by atoms with E-state index in [0.29, 0.717) is 11.3 Å². The van der Waals surface area contributed by atoms with Crippen LogP contribution in [0.1, 0.15) is 10.4 Å². The van der Waals surface area contributed by atoms with Gasteiger partial charge in [-0.05, 0) is 30.3 Å². The zero-order valence-corrected chi connectivity index (χ0v) is 11.9. The van der Waals surface area contributed by atoms with Crippen LogP contribution in [-0.2, 0) is 0 Å². The van der Waals surface area contributed by atoms with Crippen molar-refractivity contribution in [3.63, 3.8) is 0 Å². The smallest absolute Gasteiger partial charge is 0.182 e. The highest BCUT2D eigenvalue weighted by molar-refractivity contribution is 5.99. The van der Waals surface area contributed by atoms with Crippen molar-refractivity contribution in [2.24, 2.45) is 0 Å². The summed E-state index contributed by atoms with van der Waals surface area (Å²) in [7, 11) is 3.36. The number of nitrogens with zero attached hydrogens (tertiary/aromatic N) is 1. The zero-order chi connectivity index (χ0) is 15.4. The quantitative estimate of drug-likeness (QED) is 0.653. The molecule has 2 aromatic rings. The van der Waals surface area contributed by atoms with Gasteiger partial charge in [-0.1, -0.05) is 12.1 Å². The number of Topliss-reactive ketones (excluding diaryl/α,β-unsaturated/α-hetero) is 1. The van der Waals surface area contributed by atoms with Crippen LogP contribution < -0.4 is 9.64 Å². The Morgan fingerprint density at radius 1 is 1.14 bits per heavy atom. The van der Waals surface area contributed by atoms with E-state index in [9.17, 15) is 15.0 Å². The molecule has 0 unspecified atom stereocenters. The average molecular weight is 287 g/mol. The molecule has 0 amide bonds. The molecule has 0 aromatic heterocycles. The van der Waals surface area contributed by atoms with Gasteiger partial charge in [-0.25, -0.2) is 0 Å². The molecule has 5 heteroatoms. The van der Waals surface area contributed by atoms with E-state index in [4.69, 9.17) is 4.74 Å². The number of ether oxygens (including phenoxy) is 1. The molecule has 0 radical (unpaired) electrons. The lowest BCUT2D eigenvalue weighted by atomic mass is 10.1. The predicted octanol–water partition coefficient (Wildman–Crippen LogP) is 2.43. The van der Waals surface area contributed by atoms with Crippen molar-refractivity contribution < 1.29 is 19.7 Å². The second-order valence-electron chi connectivity index (χ2n) is 4.65. The maximum atomic E-state index is 12.2. The Morgan fingerprint density at radius 3 is 2.52 bits per heavy atom. The van der Waals surface area contributed by atoms with Crippen molar-refractivity contribution in [3.8, 4) is 17.2 Å². The van der Waals surface area contributed by atoms with Gasteiger partial charge in [0, 0.05) is 12.6 Å². The molecule has 110 valence electrons. The van der Waals surface area contributed by atoms with Crippen LogP contribution in [0.3, 0.4) is 0 Å². The largest absolute Gasteiger partial charge is 0.504 e. The number of anilines is 1. The van der Waals surface area contributed by atoms with Crippen LogP contribution in [0, 0.1) is 0 Å². The first-order valence-electron chi connectivity index (χ1n) is 6.42. The summed E-state index contributed by atoms with van der Waals surface area (Å²) in [5.74, 6) is -0.0366. The van der Waals surface area contributed by atoms with Gasteiger partial charge in [-0.15, -0.1) is 0 Å². The predicted molar refractivity (Wildman–Crippen MR) is 80.4 cm³/mol. The monoisotopic (exact) mass is 287 g/mol. The summed E-state index contributed by atoms with van der Waals surface area (Å²) in [4.78, 5) is 14.0. The topological polar surface area (TPSA) is 70.0 Å². The first kappa shape index (κ1) is 14.7. The molecular weight excluding hydrogens is 270 g/mol. The molecule has 0 heterocycles. The number of phenols is 2. The summed E-state index contributed by atoms with van der Waals surface area (Å²) in [6.07, 6.45) is 0. The van der Waals surface area contributed by atoms with Gasteiger partial charge in [-0.2, -0.15) is 0 Å². The fourth-order valence-corrected chi connectivity index (χ4v) is 2.03. The van der Waals surface area contributed by atoms with Gasteiger partial charge in [0.25, 0.3) is 0 Å². The van der Waals surface area contributed by atoms with Gasteiger partial charge in [-0.3, -0.25) is 4.79 Å². The lowest BCUT2D eigenvalue weighted by Gasteiger charge is -2.20. The van der Waals surface area contributed by atoms with Crippen molar-refractivity contribution in [3.05, 3.63) is 48.0 Å². The highest BCUT2D eigenvalue weighted by Gasteiger charge is 2.14. The minimum atomic E-state index is -0.305. The number of likely N-dealkylation sites (N-methyl/N-ethyl adjacent to an activating group) is 1. The number of ketones is 1. The first-order chi connectivity index (χ1) is 10.0. The molecule has 0 aliphatic rings. The van der Waals surface area contributed by atoms with E-state index in [2.05, 4.69) is 0 Å². The van der Waals surface area contributed by atoms with Crippen LogP contribution in [0.15, 0.2) is 42.5 Å². The van der Waals surface area contributed by atoms with Crippen LogP contribution in [0.2, 0.25) is 0 Å². The summed E-state index contributed by atoms with van der Waals surface area (Å²) in [5, 5.41) is 18.7. The molecule has 5 nitrogen and oxygen atoms in total. The molecule has 0 aliphatic carbocycles. The third-order valence-corrected chi connectivity index (χ3v) is 3.17. The minimum absolute atomic E-state index is 0.130. The van der Waals surface area contributed by atoms with Gasteiger partial charge in [0.05, 0.1) is 19.3 Å².